The van der Waals surface area contributed by atoms with Crippen LogP contribution in [0.4, 0.5) is 0 Å². The molecule has 0 radical (unpaired) electrons. The Hall–Kier alpha value is -1.95. The van der Waals surface area contributed by atoms with Gasteiger partial charge >= 0.3 is 132 Å². The van der Waals surface area contributed by atoms with Gasteiger partial charge in [-0.3, -0.25) is 0 Å². The van der Waals surface area contributed by atoms with E-state index >= 15 is 0 Å². The zero-order valence-electron chi connectivity index (χ0n) is 12.8. The molecule has 2 heteroatoms. The summed E-state index contributed by atoms with van der Waals surface area (Å²) in [7, 11) is -2.42. The molecule has 0 aliphatic carbocycles. The van der Waals surface area contributed by atoms with E-state index in [0.717, 1.165) is 0 Å². The molecule has 0 unspecified atom stereocenters. The van der Waals surface area contributed by atoms with Gasteiger partial charge in [0.15, 0.2) is 0 Å². The topological polar surface area (TPSA) is 9.23 Å². The molecule has 0 spiro atoms. The maximum absolute atomic E-state index is 6.53. The van der Waals surface area contributed by atoms with Crippen LogP contribution in [0.3, 0.4) is 0 Å². The van der Waals surface area contributed by atoms with E-state index < -0.39 is 7.49 Å². The Morgan fingerprint density at radius 2 is 0.909 bits per heavy atom. The molecule has 3 aromatic rings. The Morgan fingerprint density at radius 1 is 0.591 bits per heavy atom. The van der Waals surface area contributed by atoms with Crippen LogP contribution in [-0.2, 0) is 4.52 Å². The van der Waals surface area contributed by atoms with Gasteiger partial charge in [0.25, 0.3) is 0 Å². The molecule has 0 amide bonds. The van der Waals surface area contributed by atoms with Crippen molar-refractivity contribution in [3.05, 3.63) is 91.0 Å². The van der Waals surface area contributed by atoms with E-state index in [2.05, 4.69) is 97.9 Å². The fourth-order valence-corrected chi connectivity index (χ4v) is 6.90. The summed E-state index contributed by atoms with van der Waals surface area (Å²) in [6, 6.07) is 32.0. The Morgan fingerprint density at radius 3 is 1.18 bits per heavy atom. The summed E-state index contributed by atoms with van der Waals surface area (Å²) in [5.41, 5.74) is 0. The normalized spacial score (nSPS) is 12.0. The summed E-state index contributed by atoms with van der Waals surface area (Å²) in [5, 5.41) is 3.86. The van der Waals surface area contributed by atoms with Gasteiger partial charge in [-0.25, -0.2) is 0 Å². The van der Waals surface area contributed by atoms with Crippen molar-refractivity contribution in [2.75, 3.05) is 6.61 Å². The molecule has 0 saturated heterocycles. The molecule has 0 fully saturated rings. The van der Waals surface area contributed by atoms with E-state index in [-0.39, 0.29) is 0 Å². The van der Waals surface area contributed by atoms with E-state index in [1.165, 1.54) is 15.9 Å². The monoisotopic (exact) mass is 308 g/mol. The summed E-state index contributed by atoms with van der Waals surface area (Å²) < 4.78 is 6.53. The molecule has 0 heterocycles. The predicted octanol–water partition coefficient (Wildman–Crippen LogP) is 3.66. The van der Waals surface area contributed by atoms with E-state index in [1.54, 1.807) is 0 Å². The molecule has 112 valence electrons. The van der Waals surface area contributed by atoms with Gasteiger partial charge in [0.2, 0.25) is 0 Å². The molecule has 22 heavy (non-hydrogen) atoms. The Labute approximate surface area is 133 Å². The van der Waals surface area contributed by atoms with Crippen molar-refractivity contribution in [1.82, 2.24) is 0 Å². The van der Waals surface area contributed by atoms with Crippen LogP contribution in [0.1, 0.15) is 6.92 Å². The van der Waals surface area contributed by atoms with Gasteiger partial charge in [-0.15, -0.1) is 0 Å². The summed E-state index contributed by atoms with van der Waals surface area (Å²) in [4.78, 5) is 0. The van der Waals surface area contributed by atoms with Gasteiger partial charge in [-0.1, -0.05) is 0 Å². The first kappa shape index (κ1) is 15.0. The molecule has 0 atom stereocenters. The van der Waals surface area contributed by atoms with Gasteiger partial charge < -0.3 is 0 Å². The molecule has 0 aromatic heterocycles. The van der Waals surface area contributed by atoms with E-state index in [4.69, 9.17) is 4.52 Å². The van der Waals surface area contributed by atoms with Crippen LogP contribution >= 0.6 is 7.49 Å². The number of benzene rings is 3. The molecule has 1 nitrogen and oxygen atoms in total. The summed E-state index contributed by atoms with van der Waals surface area (Å²) >= 11 is 0. The van der Waals surface area contributed by atoms with Gasteiger partial charge in [-0.05, 0) is 0 Å². The van der Waals surface area contributed by atoms with Crippen LogP contribution in [0.2, 0.25) is 0 Å². The van der Waals surface area contributed by atoms with E-state index in [1.807, 2.05) is 0 Å². The third-order valence-corrected chi connectivity index (χ3v) is 8.06. The van der Waals surface area contributed by atoms with Crippen molar-refractivity contribution in [3.63, 3.8) is 0 Å². The second kappa shape index (κ2) is 6.87. The zero-order valence-corrected chi connectivity index (χ0v) is 13.8. The Balaban J connectivity index is 2.29. The van der Waals surface area contributed by atoms with Gasteiger partial charge in [0.1, 0.15) is 0 Å². The number of rotatable bonds is 5. The molecule has 3 rings (SSSR count). The minimum absolute atomic E-state index is 0.699. The van der Waals surface area contributed by atoms with Crippen molar-refractivity contribution >= 4 is 23.4 Å². The molecule has 0 N–H and O–H groups in total. The summed E-state index contributed by atoms with van der Waals surface area (Å²) in [6.07, 6.45) is 0. The minimum atomic E-state index is -2.42. The first-order chi connectivity index (χ1) is 10.9. The van der Waals surface area contributed by atoms with Gasteiger partial charge in [0.05, 0.1) is 0 Å². The third-order valence-electron chi connectivity index (χ3n) is 3.90. The van der Waals surface area contributed by atoms with E-state index in [0.29, 0.717) is 6.61 Å². The summed E-state index contributed by atoms with van der Waals surface area (Å²) in [6.45, 7) is 2.78. The molecule has 3 aromatic carbocycles. The van der Waals surface area contributed by atoms with Crippen LogP contribution in [0.25, 0.3) is 0 Å². The number of hydrogen-bond donors (Lipinski definition) is 0. The summed E-state index contributed by atoms with van der Waals surface area (Å²) in [5.74, 6) is 0. The van der Waals surface area contributed by atoms with Crippen molar-refractivity contribution in [2.24, 2.45) is 0 Å². The second-order valence-electron chi connectivity index (χ2n) is 5.21. The van der Waals surface area contributed by atoms with Gasteiger partial charge in [-0.2, -0.15) is 0 Å². The average Bonchev–Trinajstić information content (AvgIpc) is 2.62. The molecule has 0 saturated carbocycles. The molecular formula is C20H21OP. The van der Waals surface area contributed by atoms with Crippen LogP contribution in [0.15, 0.2) is 91.0 Å². The first-order valence-corrected chi connectivity index (χ1v) is 9.59. The van der Waals surface area contributed by atoms with Gasteiger partial charge in [0, 0.05) is 0 Å². The Bertz CT molecular complexity index is 599. The fraction of sp³-hybridized carbons (Fsp3) is 0.100. The average molecular weight is 308 g/mol. The van der Waals surface area contributed by atoms with Crippen LogP contribution in [0, 0.1) is 0 Å². The van der Waals surface area contributed by atoms with E-state index in [9.17, 15) is 0 Å². The molecular weight excluding hydrogens is 287 g/mol. The first-order valence-electron chi connectivity index (χ1n) is 7.68. The molecule has 0 bridgehead atoms. The van der Waals surface area contributed by atoms with Crippen LogP contribution in [-0.4, -0.2) is 6.61 Å². The van der Waals surface area contributed by atoms with Crippen molar-refractivity contribution < 1.29 is 4.52 Å². The zero-order chi connectivity index (χ0) is 15.3. The van der Waals surface area contributed by atoms with Crippen molar-refractivity contribution in [3.8, 4) is 0 Å². The maximum atomic E-state index is 6.53. The number of hydrogen-bond acceptors (Lipinski definition) is 1. The van der Waals surface area contributed by atoms with Crippen molar-refractivity contribution in [1.29, 1.82) is 0 Å². The molecule has 0 aliphatic rings. The van der Waals surface area contributed by atoms with Crippen LogP contribution in [0.5, 0.6) is 0 Å². The second-order valence-corrected chi connectivity index (χ2v) is 8.60. The molecule has 0 aliphatic heterocycles. The van der Waals surface area contributed by atoms with Crippen LogP contribution < -0.4 is 15.9 Å². The third kappa shape index (κ3) is 2.70. The predicted molar refractivity (Wildman–Crippen MR) is 98.2 cm³/mol. The SMILES string of the molecule is CCO[PH](c1ccccc1)(c1ccccc1)c1ccccc1. The van der Waals surface area contributed by atoms with Crippen molar-refractivity contribution in [2.45, 2.75) is 6.92 Å². The quantitative estimate of drug-likeness (QED) is 0.654. The fourth-order valence-electron chi connectivity index (χ4n) is 2.99. The Kier molecular flexibility index (Phi) is 4.68. The standard InChI is InChI=1S/C20H21OP/c1-2-21-22(18-12-6-3-7-13-18,19-14-8-4-9-15-19)20-16-10-5-11-17-20/h3-17,22H,2H2,1H3.